The molecule has 1 saturated carbocycles. The first kappa shape index (κ1) is 15.7. The van der Waals surface area contributed by atoms with Crippen molar-refractivity contribution in [1.82, 2.24) is 0 Å². The molecule has 1 fully saturated rings. The van der Waals surface area contributed by atoms with Gasteiger partial charge in [-0.15, -0.1) is 0 Å². The number of rotatable bonds is 5. The number of nitrogens with zero attached hydrogens (tertiary/aromatic N) is 2. The first-order valence-electron chi connectivity index (χ1n) is 8.41. The van der Waals surface area contributed by atoms with E-state index in [4.69, 9.17) is 9.15 Å². The second kappa shape index (κ2) is 6.23. The number of hydrogen-bond acceptors (Lipinski definition) is 7. The van der Waals surface area contributed by atoms with Gasteiger partial charge in [-0.05, 0) is 37.5 Å². The highest BCUT2D eigenvalue weighted by molar-refractivity contribution is 5.99. The Balaban J connectivity index is 1.68. The highest BCUT2D eigenvalue weighted by atomic mass is 16.5. The van der Waals surface area contributed by atoms with Crippen LogP contribution in [0.5, 0.6) is 5.75 Å². The van der Waals surface area contributed by atoms with Crippen LogP contribution in [0, 0.1) is 5.92 Å². The Labute approximate surface area is 144 Å². The molecular weight excluding hydrogens is 322 g/mol. The van der Waals surface area contributed by atoms with E-state index in [0.717, 1.165) is 18.4 Å². The number of furan rings is 1. The Morgan fingerprint density at radius 3 is 3.08 bits per heavy atom. The molecule has 2 atom stereocenters. The van der Waals surface area contributed by atoms with E-state index in [2.05, 4.69) is 15.3 Å². The minimum Gasteiger partial charge on any atom is -0.504 e. The molecule has 0 aromatic carbocycles. The molecule has 0 spiro atoms. The molecule has 1 aromatic heterocycles. The fourth-order valence-electron chi connectivity index (χ4n) is 2.89. The molecule has 25 heavy (non-hydrogen) atoms. The van der Waals surface area contributed by atoms with E-state index in [1.54, 1.807) is 25.4 Å². The number of hydrogen-bond donors (Lipinski definition) is 2. The van der Waals surface area contributed by atoms with Crippen molar-refractivity contribution in [2.75, 3.05) is 11.9 Å². The quantitative estimate of drug-likeness (QED) is 0.803. The summed E-state index contributed by atoms with van der Waals surface area (Å²) in [5.74, 6) is -0.323. The van der Waals surface area contributed by atoms with Gasteiger partial charge in [-0.1, -0.05) is 6.08 Å². The fraction of sp³-hybridized carbons (Fsp3) is 0.389. The first-order valence-corrected chi connectivity index (χ1v) is 8.41. The Hall–Kier alpha value is -2.83. The number of carbonyl (C=O) groups is 1. The highest BCUT2D eigenvalue weighted by Crippen LogP contribution is 2.39. The Kier molecular flexibility index (Phi) is 3.91. The van der Waals surface area contributed by atoms with E-state index >= 15 is 0 Å². The van der Waals surface area contributed by atoms with Crippen molar-refractivity contribution in [1.29, 1.82) is 0 Å². The summed E-state index contributed by atoms with van der Waals surface area (Å²) in [6.45, 7) is 1.94. The Morgan fingerprint density at radius 2 is 2.32 bits per heavy atom. The molecule has 7 heteroatoms. The average molecular weight is 341 g/mol. The number of anilines is 1. The van der Waals surface area contributed by atoms with Gasteiger partial charge in [0.25, 0.3) is 0 Å². The average Bonchev–Trinajstić information content (AvgIpc) is 3.24. The maximum absolute atomic E-state index is 12.2. The molecule has 0 bridgehead atoms. The molecule has 1 aromatic rings. The molecular formula is C18H19N3O4. The molecule has 2 N–H and O–H groups in total. The van der Waals surface area contributed by atoms with Gasteiger partial charge in [0.15, 0.2) is 17.1 Å². The van der Waals surface area contributed by atoms with Crippen molar-refractivity contribution in [3.8, 4) is 5.75 Å². The van der Waals surface area contributed by atoms with Crippen LogP contribution in [0.25, 0.3) is 6.08 Å². The third-order valence-corrected chi connectivity index (χ3v) is 4.32. The summed E-state index contributed by atoms with van der Waals surface area (Å²) in [6, 6.07) is 0.271. The fourth-order valence-corrected chi connectivity index (χ4v) is 2.89. The number of aromatic hydroxyl groups is 1. The van der Waals surface area contributed by atoms with Crippen LogP contribution in [-0.2, 0) is 4.74 Å². The van der Waals surface area contributed by atoms with Gasteiger partial charge in [-0.25, -0.2) is 4.79 Å². The summed E-state index contributed by atoms with van der Waals surface area (Å²) in [7, 11) is 0. The standard InChI is InChI=1S/C18H19N3O4/c1-2-24-18(23)14-15(22)13(25-17(14)21-11-5-6-11)8-10-9-20-16-12(10)4-3-7-19-16/h3-4,7-9,11-12,16,21-22H,2,5-6H2,1H3. The predicted octanol–water partition coefficient (Wildman–Crippen LogP) is 2.79. The van der Waals surface area contributed by atoms with Gasteiger partial charge in [0.2, 0.25) is 5.88 Å². The van der Waals surface area contributed by atoms with E-state index in [9.17, 15) is 9.90 Å². The van der Waals surface area contributed by atoms with Crippen molar-refractivity contribution in [3.05, 3.63) is 29.0 Å². The van der Waals surface area contributed by atoms with E-state index in [1.165, 1.54) is 0 Å². The second-order valence-electron chi connectivity index (χ2n) is 6.20. The van der Waals surface area contributed by atoms with Gasteiger partial charge in [-0.3, -0.25) is 9.98 Å². The summed E-state index contributed by atoms with van der Waals surface area (Å²) >= 11 is 0. The third-order valence-electron chi connectivity index (χ3n) is 4.32. The van der Waals surface area contributed by atoms with Crippen LogP contribution in [0.1, 0.15) is 35.9 Å². The molecule has 2 aliphatic heterocycles. The molecule has 4 rings (SSSR count). The maximum Gasteiger partial charge on any atom is 0.347 e. The van der Waals surface area contributed by atoms with Crippen molar-refractivity contribution >= 4 is 30.4 Å². The van der Waals surface area contributed by atoms with E-state index in [-0.39, 0.29) is 47.7 Å². The summed E-state index contributed by atoms with van der Waals surface area (Å²) in [6.07, 6.45) is 10.9. The minimum absolute atomic E-state index is 0.0142. The Morgan fingerprint density at radius 1 is 1.48 bits per heavy atom. The lowest BCUT2D eigenvalue weighted by Gasteiger charge is -2.13. The van der Waals surface area contributed by atoms with Crippen molar-refractivity contribution < 1.29 is 19.1 Å². The summed E-state index contributed by atoms with van der Waals surface area (Å²) < 4.78 is 10.8. The SMILES string of the molecule is CCOC(=O)c1c(NC2CC2)oc(C=C2C=NC3N=CC=CC23)c1O. The van der Waals surface area contributed by atoms with Gasteiger partial charge in [0.1, 0.15) is 6.17 Å². The van der Waals surface area contributed by atoms with E-state index in [0.29, 0.717) is 0 Å². The highest BCUT2D eigenvalue weighted by Gasteiger charge is 2.32. The normalized spacial score (nSPS) is 25.4. The zero-order valence-electron chi connectivity index (χ0n) is 13.8. The van der Waals surface area contributed by atoms with Crippen molar-refractivity contribution in [3.63, 3.8) is 0 Å². The number of aliphatic imine (C=N–C) groups is 2. The van der Waals surface area contributed by atoms with Crippen LogP contribution in [0.15, 0.2) is 32.1 Å². The molecule has 7 nitrogen and oxygen atoms in total. The number of ether oxygens (including phenoxy) is 1. The molecule has 130 valence electrons. The molecule has 2 unspecified atom stereocenters. The number of esters is 1. The second-order valence-corrected chi connectivity index (χ2v) is 6.20. The van der Waals surface area contributed by atoms with Gasteiger partial charge in [0, 0.05) is 24.4 Å². The molecule has 1 aliphatic carbocycles. The number of carbonyl (C=O) groups excluding carboxylic acids is 1. The van der Waals surface area contributed by atoms with Crippen LogP contribution in [0.3, 0.4) is 0 Å². The summed E-state index contributed by atoms with van der Waals surface area (Å²) in [5.41, 5.74) is 0.917. The van der Waals surface area contributed by atoms with Crippen LogP contribution in [-0.4, -0.2) is 42.3 Å². The maximum atomic E-state index is 12.2. The molecule has 0 amide bonds. The summed E-state index contributed by atoms with van der Waals surface area (Å²) in [5, 5.41) is 13.7. The van der Waals surface area contributed by atoms with Crippen LogP contribution < -0.4 is 5.32 Å². The monoisotopic (exact) mass is 341 g/mol. The lowest BCUT2D eigenvalue weighted by atomic mass is 9.97. The molecule has 3 aliphatic rings. The number of allylic oxidation sites excluding steroid dienone is 1. The zero-order valence-corrected chi connectivity index (χ0v) is 13.8. The minimum atomic E-state index is -0.600. The van der Waals surface area contributed by atoms with Gasteiger partial charge in [0.05, 0.1) is 6.61 Å². The molecule has 3 heterocycles. The molecule has 0 radical (unpaired) electrons. The lowest BCUT2D eigenvalue weighted by molar-refractivity contribution is 0.0524. The topological polar surface area (TPSA) is 96.4 Å². The molecule has 0 saturated heterocycles. The number of fused-ring (bicyclic) bond motifs is 1. The van der Waals surface area contributed by atoms with Crippen molar-refractivity contribution in [2.45, 2.75) is 32.0 Å². The van der Waals surface area contributed by atoms with Crippen LogP contribution in [0.4, 0.5) is 5.88 Å². The smallest absolute Gasteiger partial charge is 0.347 e. The van der Waals surface area contributed by atoms with Crippen LogP contribution in [0.2, 0.25) is 0 Å². The van der Waals surface area contributed by atoms with Gasteiger partial charge in [-0.2, -0.15) is 0 Å². The Bertz CT molecular complexity index is 815. The summed E-state index contributed by atoms with van der Waals surface area (Å²) in [4.78, 5) is 20.8. The predicted molar refractivity (Wildman–Crippen MR) is 94.4 cm³/mol. The van der Waals surface area contributed by atoms with Crippen molar-refractivity contribution in [2.24, 2.45) is 15.9 Å². The van der Waals surface area contributed by atoms with Gasteiger partial charge < -0.3 is 19.6 Å². The first-order chi connectivity index (χ1) is 12.2. The van der Waals surface area contributed by atoms with Crippen LogP contribution >= 0.6 is 0 Å². The number of nitrogens with one attached hydrogen (secondary N) is 1. The lowest BCUT2D eigenvalue weighted by Crippen LogP contribution is -2.13. The third kappa shape index (κ3) is 2.97. The zero-order chi connectivity index (χ0) is 17.4. The van der Waals surface area contributed by atoms with E-state index in [1.807, 2.05) is 12.2 Å². The van der Waals surface area contributed by atoms with Gasteiger partial charge >= 0.3 is 5.97 Å². The van der Waals surface area contributed by atoms with E-state index < -0.39 is 5.97 Å². The number of dihydropyridines is 1. The largest absolute Gasteiger partial charge is 0.504 e.